The van der Waals surface area contributed by atoms with Gasteiger partial charge in [0.1, 0.15) is 13.2 Å². The SMILES string of the molecule is CC/C=C\C/C=C\C/C=C\C/C=C\C/C=C\C/C=C\CCCCCCCCCCCCCCCCC(=O)OCC(COC(=O)CCCCCCCCCCCCC)OC(=O)CCCCCCCCCCCCCCCCC. The van der Waals surface area contributed by atoms with E-state index in [1.165, 1.54) is 205 Å². The van der Waals surface area contributed by atoms with Crippen LogP contribution in [-0.2, 0) is 28.6 Å². The largest absolute Gasteiger partial charge is 0.462 e. The van der Waals surface area contributed by atoms with Crippen LogP contribution in [0.5, 0.6) is 0 Å². The van der Waals surface area contributed by atoms with Crippen LogP contribution in [0.4, 0.5) is 0 Å². The highest BCUT2D eigenvalue weighted by Gasteiger charge is 2.19. The van der Waals surface area contributed by atoms with E-state index in [0.29, 0.717) is 19.3 Å². The molecule has 1 atom stereocenters. The maximum atomic E-state index is 12.9. The van der Waals surface area contributed by atoms with Crippen LogP contribution in [0.2, 0.25) is 0 Å². The highest BCUT2D eigenvalue weighted by atomic mass is 16.6. The molecule has 0 aliphatic carbocycles. The molecule has 0 rings (SSSR count). The van der Waals surface area contributed by atoms with E-state index >= 15 is 0 Å². The quantitative estimate of drug-likeness (QED) is 0.0261. The average molecular weight is 1080 g/mol. The maximum absolute atomic E-state index is 12.9. The minimum atomic E-state index is -0.770. The van der Waals surface area contributed by atoms with Gasteiger partial charge in [-0.3, -0.25) is 14.4 Å². The van der Waals surface area contributed by atoms with Crippen LogP contribution in [0, 0.1) is 0 Å². The van der Waals surface area contributed by atoms with Crippen molar-refractivity contribution in [3.63, 3.8) is 0 Å². The molecule has 0 N–H and O–H groups in total. The van der Waals surface area contributed by atoms with E-state index in [1.54, 1.807) is 0 Å². The molecular formula is C71H126O6. The van der Waals surface area contributed by atoms with Crippen molar-refractivity contribution in [3.8, 4) is 0 Å². The molecule has 0 saturated heterocycles. The Morgan fingerprint density at radius 2 is 0.506 bits per heavy atom. The second-order valence-corrected chi connectivity index (χ2v) is 22.4. The molecule has 6 nitrogen and oxygen atoms in total. The number of unbranched alkanes of at least 4 members (excludes halogenated alkanes) is 38. The van der Waals surface area contributed by atoms with Gasteiger partial charge in [0.05, 0.1) is 0 Å². The van der Waals surface area contributed by atoms with Gasteiger partial charge in [-0.25, -0.2) is 0 Å². The van der Waals surface area contributed by atoms with Crippen LogP contribution in [-0.4, -0.2) is 37.2 Å². The first-order valence-corrected chi connectivity index (χ1v) is 33.4. The van der Waals surface area contributed by atoms with Crippen molar-refractivity contribution in [1.29, 1.82) is 0 Å². The summed E-state index contributed by atoms with van der Waals surface area (Å²) in [6.45, 7) is 6.56. The lowest BCUT2D eigenvalue weighted by Crippen LogP contribution is -2.30. The zero-order valence-electron chi connectivity index (χ0n) is 51.2. The number of hydrogen-bond acceptors (Lipinski definition) is 6. The fraction of sp³-hybridized carbons (Fsp3) is 0.789. The molecule has 0 fully saturated rings. The predicted molar refractivity (Wildman–Crippen MR) is 335 cm³/mol. The smallest absolute Gasteiger partial charge is 0.306 e. The van der Waals surface area contributed by atoms with E-state index < -0.39 is 6.10 Å². The van der Waals surface area contributed by atoms with Crippen molar-refractivity contribution >= 4 is 17.9 Å². The highest BCUT2D eigenvalue weighted by Crippen LogP contribution is 2.17. The number of carbonyl (C=O) groups excluding carboxylic acids is 3. The summed E-state index contributed by atoms with van der Waals surface area (Å²) >= 11 is 0. The molecule has 0 radical (unpaired) electrons. The van der Waals surface area contributed by atoms with Crippen LogP contribution < -0.4 is 0 Å². The molecule has 0 aliphatic rings. The fourth-order valence-corrected chi connectivity index (χ4v) is 9.74. The third-order valence-electron chi connectivity index (χ3n) is 14.7. The van der Waals surface area contributed by atoms with Crippen LogP contribution in [0.1, 0.15) is 342 Å². The van der Waals surface area contributed by atoms with Gasteiger partial charge in [0.2, 0.25) is 0 Å². The van der Waals surface area contributed by atoms with Gasteiger partial charge in [-0.05, 0) is 70.6 Å². The molecule has 0 saturated carbocycles. The van der Waals surface area contributed by atoms with Crippen molar-refractivity contribution in [2.75, 3.05) is 13.2 Å². The van der Waals surface area contributed by atoms with Gasteiger partial charge < -0.3 is 14.2 Å². The second-order valence-electron chi connectivity index (χ2n) is 22.4. The Labute approximate surface area is 478 Å². The standard InChI is InChI=1S/C71H126O6/c1-4-7-10-13-16-19-22-24-26-27-28-29-30-31-32-33-34-35-36-37-38-39-40-41-42-43-45-46-49-52-55-58-61-64-70(73)76-67-68(66-75-69(72)63-60-57-54-51-48-21-18-15-12-9-6-3)77-71(74)65-62-59-56-53-50-47-44-25-23-20-17-14-11-8-5-2/h7,10,16,19,24,26,28-29,31-32,34-35,68H,4-6,8-9,11-15,17-18,20-23,25,27,30,33,36-67H2,1-3H3/b10-7-,19-16-,26-24-,29-28-,32-31-,35-34-. The van der Waals surface area contributed by atoms with E-state index in [2.05, 4.69) is 93.7 Å². The number of allylic oxidation sites excluding steroid dienone is 12. The number of hydrogen-bond donors (Lipinski definition) is 0. The lowest BCUT2D eigenvalue weighted by molar-refractivity contribution is -0.167. The van der Waals surface area contributed by atoms with Crippen LogP contribution in [0.25, 0.3) is 0 Å². The average Bonchev–Trinajstić information content (AvgIpc) is 3.43. The van der Waals surface area contributed by atoms with Crippen LogP contribution >= 0.6 is 0 Å². The van der Waals surface area contributed by atoms with Crippen LogP contribution in [0.3, 0.4) is 0 Å². The van der Waals surface area contributed by atoms with E-state index in [0.717, 1.165) is 96.3 Å². The third-order valence-corrected chi connectivity index (χ3v) is 14.7. The third kappa shape index (κ3) is 63.6. The molecule has 1 unspecified atom stereocenters. The molecule has 0 spiro atoms. The van der Waals surface area contributed by atoms with Crippen molar-refractivity contribution in [2.24, 2.45) is 0 Å². The van der Waals surface area contributed by atoms with E-state index in [4.69, 9.17) is 14.2 Å². The zero-order valence-corrected chi connectivity index (χ0v) is 51.2. The number of carbonyl (C=O) groups is 3. The lowest BCUT2D eigenvalue weighted by atomic mass is 10.0. The Hall–Kier alpha value is -3.15. The Bertz CT molecular complexity index is 1420. The summed E-state index contributed by atoms with van der Waals surface area (Å²) in [6.07, 6.45) is 85.0. The summed E-state index contributed by atoms with van der Waals surface area (Å²) in [6, 6.07) is 0. The van der Waals surface area contributed by atoms with Gasteiger partial charge in [0.15, 0.2) is 6.10 Å². The molecule has 0 heterocycles. The van der Waals surface area contributed by atoms with Crippen LogP contribution in [0.15, 0.2) is 72.9 Å². The molecular weight excluding hydrogens is 949 g/mol. The zero-order chi connectivity index (χ0) is 55.7. The van der Waals surface area contributed by atoms with Crippen molar-refractivity contribution in [3.05, 3.63) is 72.9 Å². The Morgan fingerprint density at radius 1 is 0.273 bits per heavy atom. The predicted octanol–water partition coefficient (Wildman–Crippen LogP) is 22.9. The topological polar surface area (TPSA) is 78.9 Å². The summed E-state index contributed by atoms with van der Waals surface area (Å²) < 4.78 is 16.9. The number of ether oxygens (including phenoxy) is 3. The van der Waals surface area contributed by atoms with E-state index in [1.807, 2.05) is 0 Å². The van der Waals surface area contributed by atoms with Crippen molar-refractivity contribution < 1.29 is 28.6 Å². The number of rotatable bonds is 61. The second kappa shape index (κ2) is 65.4. The number of esters is 3. The molecule has 77 heavy (non-hydrogen) atoms. The van der Waals surface area contributed by atoms with E-state index in [9.17, 15) is 14.4 Å². The minimum Gasteiger partial charge on any atom is -0.462 e. The van der Waals surface area contributed by atoms with Gasteiger partial charge in [0.25, 0.3) is 0 Å². The molecule has 0 aromatic rings. The first-order chi connectivity index (χ1) is 38.0. The monoisotopic (exact) mass is 1070 g/mol. The fourth-order valence-electron chi connectivity index (χ4n) is 9.74. The maximum Gasteiger partial charge on any atom is 0.306 e. The molecule has 0 aromatic carbocycles. The first kappa shape index (κ1) is 73.8. The molecule has 446 valence electrons. The Morgan fingerprint density at radius 3 is 0.792 bits per heavy atom. The Kier molecular flexibility index (Phi) is 62.7. The van der Waals surface area contributed by atoms with Crippen molar-refractivity contribution in [1.82, 2.24) is 0 Å². The van der Waals surface area contributed by atoms with E-state index in [-0.39, 0.29) is 31.1 Å². The van der Waals surface area contributed by atoms with Gasteiger partial charge in [-0.1, -0.05) is 325 Å². The van der Waals surface area contributed by atoms with Gasteiger partial charge >= 0.3 is 17.9 Å². The van der Waals surface area contributed by atoms with Gasteiger partial charge in [0, 0.05) is 19.3 Å². The molecule has 0 aromatic heterocycles. The minimum absolute atomic E-state index is 0.0684. The highest BCUT2D eigenvalue weighted by molar-refractivity contribution is 5.71. The summed E-state index contributed by atoms with van der Waals surface area (Å²) in [4.78, 5) is 38.2. The molecule has 6 heteroatoms. The summed E-state index contributed by atoms with van der Waals surface area (Å²) in [5, 5.41) is 0. The summed E-state index contributed by atoms with van der Waals surface area (Å²) in [5.74, 6) is -0.850. The molecule has 0 aliphatic heterocycles. The normalized spacial score (nSPS) is 12.5. The molecule has 0 amide bonds. The lowest BCUT2D eigenvalue weighted by Gasteiger charge is -2.18. The molecule has 0 bridgehead atoms. The van der Waals surface area contributed by atoms with Gasteiger partial charge in [-0.2, -0.15) is 0 Å². The summed E-state index contributed by atoms with van der Waals surface area (Å²) in [5.41, 5.74) is 0. The van der Waals surface area contributed by atoms with Gasteiger partial charge in [-0.15, -0.1) is 0 Å². The first-order valence-electron chi connectivity index (χ1n) is 33.4. The summed E-state index contributed by atoms with van der Waals surface area (Å²) in [7, 11) is 0. The Balaban J connectivity index is 4.12. The van der Waals surface area contributed by atoms with Crippen molar-refractivity contribution in [2.45, 2.75) is 348 Å².